The molecular formula is C17H24N2. The summed E-state index contributed by atoms with van der Waals surface area (Å²) in [5.74, 6) is 2.98. The first-order valence-corrected chi connectivity index (χ1v) is 7.76. The molecule has 0 radical (unpaired) electrons. The molecule has 4 saturated carbocycles. The molecule has 1 aromatic rings. The molecule has 0 spiro atoms. The molecule has 0 unspecified atom stereocenters. The van der Waals surface area contributed by atoms with Crippen LogP contribution in [-0.4, -0.2) is 5.54 Å². The van der Waals surface area contributed by atoms with E-state index in [1.807, 2.05) is 6.07 Å². The molecule has 19 heavy (non-hydrogen) atoms. The fraction of sp³-hybridized carbons (Fsp3) is 0.647. The van der Waals surface area contributed by atoms with Gasteiger partial charge in [0.15, 0.2) is 0 Å². The molecule has 0 atom stereocenters. The Hall–Kier alpha value is -1.18. The molecule has 4 bridgehead atoms. The predicted octanol–water partition coefficient (Wildman–Crippen LogP) is 3.96. The Balaban J connectivity index is 1.62. The quantitative estimate of drug-likeness (QED) is 0.786. The smallest absolute Gasteiger partial charge is 0.0381 e. The van der Waals surface area contributed by atoms with Crippen molar-refractivity contribution in [2.75, 3.05) is 11.1 Å². The maximum atomic E-state index is 5.86. The lowest BCUT2D eigenvalue weighted by atomic mass is 9.53. The van der Waals surface area contributed by atoms with Crippen LogP contribution in [0.5, 0.6) is 0 Å². The van der Waals surface area contributed by atoms with Crippen molar-refractivity contribution in [3.05, 3.63) is 23.8 Å². The average Bonchev–Trinajstić information content (AvgIpc) is 2.31. The second-order valence-electron chi connectivity index (χ2n) is 7.40. The Morgan fingerprint density at radius 1 is 1.05 bits per heavy atom. The highest BCUT2D eigenvalue weighted by Gasteiger charge is 2.50. The van der Waals surface area contributed by atoms with Gasteiger partial charge in [-0.1, -0.05) is 0 Å². The second kappa shape index (κ2) is 3.91. The van der Waals surface area contributed by atoms with Crippen molar-refractivity contribution < 1.29 is 0 Å². The molecule has 1 aromatic carbocycles. The number of nitrogens with one attached hydrogen (secondary N) is 1. The molecule has 0 heterocycles. The highest BCUT2D eigenvalue weighted by molar-refractivity contribution is 5.59. The van der Waals surface area contributed by atoms with Crippen LogP contribution in [0.4, 0.5) is 11.4 Å². The molecule has 0 aliphatic heterocycles. The Morgan fingerprint density at radius 2 is 1.63 bits per heavy atom. The van der Waals surface area contributed by atoms with Crippen LogP contribution in [0.15, 0.2) is 18.2 Å². The molecule has 5 rings (SSSR count). The van der Waals surface area contributed by atoms with Crippen LogP contribution in [0.2, 0.25) is 0 Å². The standard InChI is InChI=1S/C17H24N2/c1-11-4-15(18)2-3-16(11)19-17-8-12-5-13(9-17)7-14(6-12)10-17/h2-4,12-14,19H,5-10,18H2,1H3. The number of hydrogen-bond acceptors (Lipinski definition) is 2. The zero-order valence-corrected chi connectivity index (χ0v) is 11.8. The van der Waals surface area contributed by atoms with Gasteiger partial charge < -0.3 is 11.1 Å². The van der Waals surface area contributed by atoms with Crippen LogP contribution >= 0.6 is 0 Å². The van der Waals surface area contributed by atoms with Gasteiger partial charge in [0.05, 0.1) is 0 Å². The van der Waals surface area contributed by atoms with E-state index >= 15 is 0 Å². The lowest BCUT2D eigenvalue weighted by Gasteiger charge is -2.57. The molecule has 4 aliphatic rings. The van der Waals surface area contributed by atoms with Crippen LogP contribution < -0.4 is 11.1 Å². The zero-order chi connectivity index (χ0) is 13.0. The van der Waals surface area contributed by atoms with Crippen molar-refractivity contribution in [2.45, 2.75) is 51.0 Å². The van der Waals surface area contributed by atoms with E-state index in [0.717, 1.165) is 23.4 Å². The molecule has 2 nitrogen and oxygen atoms in total. The van der Waals surface area contributed by atoms with Crippen LogP contribution in [0, 0.1) is 24.7 Å². The summed E-state index contributed by atoms with van der Waals surface area (Å²) in [6.45, 7) is 2.17. The third kappa shape index (κ3) is 1.92. The third-order valence-electron chi connectivity index (χ3n) is 5.69. The summed E-state index contributed by atoms with van der Waals surface area (Å²) in [4.78, 5) is 0. The molecule has 0 aromatic heterocycles. The number of nitrogen functional groups attached to an aromatic ring is 1. The van der Waals surface area contributed by atoms with Gasteiger partial charge in [-0.2, -0.15) is 0 Å². The average molecular weight is 256 g/mol. The van der Waals surface area contributed by atoms with E-state index < -0.39 is 0 Å². The number of rotatable bonds is 2. The summed E-state index contributed by atoms with van der Waals surface area (Å²) in [6, 6.07) is 6.28. The fourth-order valence-electron chi connectivity index (χ4n) is 5.38. The van der Waals surface area contributed by atoms with Crippen LogP contribution in [0.1, 0.15) is 44.1 Å². The van der Waals surface area contributed by atoms with Gasteiger partial charge in [-0.25, -0.2) is 0 Å². The minimum atomic E-state index is 0.398. The predicted molar refractivity (Wildman–Crippen MR) is 80.1 cm³/mol. The maximum absolute atomic E-state index is 5.86. The Bertz CT molecular complexity index is 471. The normalized spacial score (nSPS) is 39.5. The lowest BCUT2D eigenvalue weighted by molar-refractivity contribution is 0.0107. The van der Waals surface area contributed by atoms with Crippen molar-refractivity contribution in [3.63, 3.8) is 0 Å². The van der Waals surface area contributed by atoms with Crippen LogP contribution in [0.25, 0.3) is 0 Å². The number of benzene rings is 1. The van der Waals surface area contributed by atoms with E-state index in [2.05, 4.69) is 24.4 Å². The SMILES string of the molecule is Cc1cc(N)ccc1NC12CC3CC(CC(C3)C1)C2. The minimum Gasteiger partial charge on any atom is -0.399 e. The largest absolute Gasteiger partial charge is 0.399 e. The van der Waals surface area contributed by atoms with Gasteiger partial charge in [0.25, 0.3) is 0 Å². The molecular weight excluding hydrogens is 232 g/mol. The summed E-state index contributed by atoms with van der Waals surface area (Å²) < 4.78 is 0. The second-order valence-corrected chi connectivity index (χ2v) is 7.40. The first-order valence-electron chi connectivity index (χ1n) is 7.76. The summed E-state index contributed by atoms with van der Waals surface area (Å²) in [5.41, 5.74) is 9.72. The van der Waals surface area contributed by atoms with Gasteiger partial charge >= 0.3 is 0 Å². The summed E-state index contributed by atoms with van der Waals surface area (Å²) in [5, 5.41) is 3.93. The van der Waals surface area contributed by atoms with Gasteiger partial charge in [-0.15, -0.1) is 0 Å². The fourth-order valence-corrected chi connectivity index (χ4v) is 5.38. The molecule has 3 N–H and O–H groups in total. The summed E-state index contributed by atoms with van der Waals surface area (Å²) >= 11 is 0. The van der Waals surface area contributed by atoms with Crippen molar-refractivity contribution >= 4 is 11.4 Å². The maximum Gasteiger partial charge on any atom is 0.0381 e. The molecule has 102 valence electrons. The van der Waals surface area contributed by atoms with Crippen LogP contribution in [-0.2, 0) is 0 Å². The minimum absolute atomic E-state index is 0.398. The summed E-state index contributed by atoms with van der Waals surface area (Å²) in [7, 11) is 0. The highest BCUT2D eigenvalue weighted by atomic mass is 15.0. The van der Waals surface area contributed by atoms with E-state index in [1.54, 1.807) is 0 Å². The third-order valence-corrected chi connectivity index (χ3v) is 5.69. The first kappa shape index (κ1) is 11.6. The van der Waals surface area contributed by atoms with E-state index in [-0.39, 0.29) is 0 Å². The number of aryl methyl sites for hydroxylation is 1. The van der Waals surface area contributed by atoms with E-state index in [9.17, 15) is 0 Å². The Morgan fingerprint density at radius 3 is 2.16 bits per heavy atom. The van der Waals surface area contributed by atoms with Gasteiger partial charge in [-0.3, -0.25) is 0 Å². The first-order chi connectivity index (χ1) is 9.12. The monoisotopic (exact) mass is 256 g/mol. The molecule has 0 saturated heterocycles. The number of anilines is 2. The topological polar surface area (TPSA) is 38.0 Å². The van der Waals surface area contributed by atoms with Crippen molar-refractivity contribution in [1.82, 2.24) is 0 Å². The molecule has 4 fully saturated rings. The van der Waals surface area contributed by atoms with E-state index in [0.29, 0.717) is 5.54 Å². The highest BCUT2D eigenvalue weighted by Crippen LogP contribution is 2.56. The molecule has 0 amide bonds. The van der Waals surface area contributed by atoms with Crippen LogP contribution in [0.3, 0.4) is 0 Å². The van der Waals surface area contributed by atoms with Gasteiger partial charge in [-0.05, 0) is 87.0 Å². The Kier molecular flexibility index (Phi) is 2.39. The molecule has 4 aliphatic carbocycles. The number of hydrogen-bond donors (Lipinski definition) is 2. The van der Waals surface area contributed by atoms with Gasteiger partial charge in [0.1, 0.15) is 0 Å². The molecule has 2 heteroatoms. The van der Waals surface area contributed by atoms with E-state index in [1.165, 1.54) is 49.8 Å². The summed E-state index contributed by atoms with van der Waals surface area (Å²) in [6.07, 6.45) is 8.68. The Labute approximate surface area is 115 Å². The lowest BCUT2D eigenvalue weighted by Crippen LogP contribution is -2.54. The van der Waals surface area contributed by atoms with Gasteiger partial charge in [0.2, 0.25) is 0 Å². The van der Waals surface area contributed by atoms with Crippen molar-refractivity contribution in [2.24, 2.45) is 17.8 Å². The number of nitrogens with two attached hydrogens (primary N) is 1. The van der Waals surface area contributed by atoms with Crippen molar-refractivity contribution in [3.8, 4) is 0 Å². The van der Waals surface area contributed by atoms with Crippen molar-refractivity contribution in [1.29, 1.82) is 0 Å². The van der Waals surface area contributed by atoms with Gasteiger partial charge in [0, 0.05) is 16.9 Å². The van der Waals surface area contributed by atoms with E-state index in [4.69, 9.17) is 5.73 Å². The zero-order valence-electron chi connectivity index (χ0n) is 11.8.